The van der Waals surface area contributed by atoms with Crippen molar-refractivity contribution in [2.45, 2.75) is 46.6 Å². The predicted octanol–water partition coefficient (Wildman–Crippen LogP) is 1.18. The van der Waals surface area contributed by atoms with Crippen molar-refractivity contribution in [1.82, 2.24) is 10.2 Å². The number of hydrogen-bond donors (Lipinski definition) is 1. The monoisotopic (exact) mass is 258 g/mol. The molecule has 0 atom stereocenters. The number of nitrogens with one attached hydrogen (secondary N) is 1. The van der Waals surface area contributed by atoms with Gasteiger partial charge in [-0.15, -0.1) is 0 Å². The standard InChI is InChI=1S/C13H26N2O3/c1-6-15(13(3,4)5)12(17)11(16)14-9-8-10-18-7-2/h6-10H2,1-5H3,(H,14,16). The summed E-state index contributed by atoms with van der Waals surface area (Å²) in [5.74, 6) is -1.01. The summed E-state index contributed by atoms with van der Waals surface area (Å²) < 4.78 is 5.15. The smallest absolute Gasteiger partial charge is 0.312 e. The van der Waals surface area contributed by atoms with Gasteiger partial charge in [-0.05, 0) is 41.0 Å². The number of likely N-dealkylation sites (N-methyl/N-ethyl adjacent to an activating group) is 1. The molecule has 0 aromatic carbocycles. The molecule has 0 aliphatic heterocycles. The fourth-order valence-electron chi connectivity index (χ4n) is 1.64. The third-order valence-corrected chi connectivity index (χ3v) is 2.52. The number of ether oxygens (including phenoxy) is 1. The van der Waals surface area contributed by atoms with Crippen molar-refractivity contribution >= 4 is 11.8 Å². The third-order valence-electron chi connectivity index (χ3n) is 2.52. The van der Waals surface area contributed by atoms with Crippen LogP contribution < -0.4 is 5.32 Å². The number of rotatable bonds is 6. The molecule has 5 heteroatoms. The Labute approximate surface area is 110 Å². The SMILES string of the molecule is CCOCCCNC(=O)C(=O)N(CC)C(C)(C)C. The quantitative estimate of drug-likeness (QED) is 0.575. The molecule has 0 aromatic rings. The van der Waals surface area contributed by atoms with Crippen molar-refractivity contribution in [2.24, 2.45) is 0 Å². The Morgan fingerprint density at radius 1 is 1.22 bits per heavy atom. The van der Waals surface area contributed by atoms with Crippen LogP contribution in [0, 0.1) is 0 Å². The van der Waals surface area contributed by atoms with Crippen molar-refractivity contribution in [2.75, 3.05) is 26.3 Å². The molecule has 0 rings (SSSR count). The van der Waals surface area contributed by atoms with E-state index in [2.05, 4.69) is 5.32 Å². The Hall–Kier alpha value is -1.10. The number of nitrogens with zero attached hydrogens (tertiary/aromatic N) is 1. The molecular formula is C13H26N2O3. The number of hydrogen-bond acceptors (Lipinski definition) is 3. The lowest BCUT2D eigenvalue weighted by atomic mass is 10.1. The van der Waals surface area contributed by atoms with Gasteiger partial charge >= 0.3 is 11.8 Å². The highest BCUT2D eigenvalue weighted by Gasteiger charge is 2.29. The molecule has 0 spiro atoms. The van der Waals surface area contributed by atoms with Crippen molar-refractivity contribution in [3.8, 4) is 0 Å². The second-order valence-electron chi connectivity index (χ2n) is 5.03. The minimum absolute atomic E-state index is 0.339. The Morgan fingerprint density at radius 2 is 1.83 bits per heavy atom. The largest absolute Gasteiger partial charge is 0.382 e. The first-order valence-electron chi connectivity index (χ1n) is 6.52. The Morgan fingerprint density at radius 3 is 2.28 bits per heavy atom. The average Bonchev–Trinajstić information content (AvgIpc) is 2.27. The minimum Gasteiger partial charge on any atom is -0.382 e. The zero-order chi connectivity index (χ0) is 14.2. The zero-order valence-electron chi connectivity index (χ0n) is 12.2. The van der Waals surface area contributed by atoms with Crippen LogP contribution in [-0.2, 0) is 14.3 Å². The maximum Gasteiger partial charge on any atom is 0.312 e. The van der Waals surface area contributed by atoms with E-state index in [9.17, 15) is 9.59 Å². The van der Waals surface area contributed by atoms with Crippen LogP contribution in [0.15, 0.2) is 0 Å². The van der Waals surface area contributed by atoms with Gasteiger partial charge in [0.2, 0.25) is 0 Å². The fraction of sp³-hybridized carbons (Fsp3) is 0.846. The van der Waals surface area contributed by atoms with Gasteiger partial charge in [-0.2, -0.15) is 0 Å². The normalized spacial score (nSPS) is 11.2. The predicted molar refractivity (Wildman–Crippen MR) is 71.3 cm³/mol. The maximum atomic E-state index is 11.9. The van der Waals surface area contributed by atoms with Crippen molar-refractivity contribution in [3.63, 3.8) is 0 Å². The first-order chi connectivity index (χ1) is 8.34. The maximum absolute atomic E-state index is 11.9. The van der Waals surface area contributed by atoms with E-state index in [4.69, 9.17) is 4.74 Å². The van der Waals surface area contributed by atoms with Gasteiger partial charge in [-0.3, -0.25) is 9.59 Å². The Kier molecular flexibility index (Phi) is 7.59. The lowest BCUT2D eigenvalue weighted by Crippen LogP contribution is -2.51. The van der Waals surface area contributed by atoms with E-state index < -0.39 is 11.8 Å². The van der Waals surface area contributed by atoms with Crippen LogP contribution in [0.2, 0.25) is 0 Å². The van der Waals surface area contributed by atoms with Gasteiger partial charge in [0, 0.05) is 31.8 Å². The van der Waals surface area contributed by atoms with Crippen LogP contribution in [0.1, 0.15) is 41.0 Å². The van der Waals surface area contributed by atoms with Gasteiger partial charge in [-0.25, -0.2) is 0 Å². The summed E-state index contributed by atoms with van der Waals surface area (Å²) in [4.78, 5) is 25.2. The summed E-state index contributed by atoms with van der Waals surface area (Å²) in [5.41, 5.74) is -0.339. The van der Waals surface area contributed by atoms with E-state index in [1.807, 2.05) is 34.6 Å². The number of carbonyl (C=O) groups excluding carboxylic acids is 2. The van der Waals surface area contributed by atoms with Crippen LogP contribution in [0.5, 0.6) is 0 Å². The van der Waals surface area contributed by atoms with Crippen LogP contribution in [0.3, 0.4) is 0 Å². The van der Waals surface area contributed by atoms with Crippen molar-refractivity contribution in [1.29, 1.82) is 0 Å². The topological polar surface area (TPSA) is 58.6 Å². The van der Waals surface area contributed by atoms with Gasteiger partial charge in [0.15, 0.2) is 0 Å². The molecule has 0 aliphatic rings. The van der Waals surface area contributed by atoms with Gasteiger partial charge in [0.1, 0.15) is 0 Å². The van der Waals surface area contributed by atoms with E-state index in [1.54, 1.807) is 4.90 Å². The summed E-state index contributed by atoms with van der Waals surface area (Å²) in [5, 5.41) is 2.62. The van der Waals surface area contributed by atoms with E-state index >= 15 is 0 Å². The first-order valence-corrected chi connectivity index (χ1v) is 6.52. The van der Waals surface area contributed by atoms with Crippen molar-refractivity contribution in [3.05, 3.63) is 0 Å². The van der Waals surface area contributed by atoms with Gasteiger partial charge < -0.3 is 15.0 Å². The number of amides is 2. The van der Waals surface area contributed by atoms with Crippen LogP contribution in [-0.4, -0.2) is 48.6 Å². The zero-order valence-corrected chi connectivity index (χ0v) is 12.2. The van der Waals surface area contributed by atoms with Gasteiger partial charge in [0.25, 0.3) is 0 Å². The Balaban J connectivity index is 4.13. The second kappa shape index (κ2) is 8.08. The second-order valence-corrected chi connectivity index (χ2v) is 5.03. The Bertz CT molecular complexity index is 272. The highest BCUT2D eigenvalue weighted by atomic mass is 16.5. The summed E-state index contributed by atoms with van der Waals surface area (Å²) >= 11 is 0. The molecule has 5 nitrogen and oxygen atoms in total. The summed E-state index contributed by atoms with van der Waals surface area (Å²) in [6.45, 7) is 11.8. The van der Waals surface area contributed by atoms with E-state index in [-0.39, 0.29) is 5.54 Å². The molecule has 0 saturated carbocycles. The fourth-order valence-corrected chi connectivity index (χ4v) is 1.64. The molecule has 106 valence electrons. The molecule has 2 amide bonds. The first kappa shape index (κ1) is 16.9. The summed E-state index contributed by atoms with van der Waals surface area (Å²) in [7, 11) is 0. The van der Waals surface area contributed by atoms with E-state index in [1.165, 1.54) is 0 Å². The molecule has 0 saturated heterocycles. The molecule has 0 radical (unpaired) electrons. The molecule has 0 heterocycles. The van der Waals surface area contributed by atoms with E-state index in [0.717, 1.165) is 0 Å². The van der Waals surface area contributed by atoms with Gasteiger partial charge in [-0.1, -0.05) is 0 Å². The molecule has 0 fully saturated rings. The van der Waals surface area contributed by atoms with Crippen LogP contribution >= 0.6 is 0 Å². The molecule has 1 N–H and O–H groups in total. The van der Waals surface area contributed by atoms with Crippen LogP contribution in [0.4, 0.5) is 0 Å². The molecular weight excluding hydrogens is 232 g/mol. The van der Waals surface area contributed by atoms with Crippen LogP contribution in [0.25, 0.3) is 0 Å². The average molecular weight is 258 g/mol. The van der Waals surface area contributed by atoms with Crippen molar-refractivity contribution < 1.29 is 14.3 Å². The summed E-state index contributed by atoms with van der Waals surface area (Å²) in [6.07, 6.45) is 0.717. The third kappa shape index (κ3) is 6.00. The lowest BCUT2D eigenvalue weighted by molar-refractivity contribution is -0.148. The molecule has 0 aliphatic carbocycles. The number of carbonyl (C=O) groups is 2. The lowest BCUT2D eigenvalue weighted by Gasteiger charge is -2.34. The molecule has 0 aromatic heterocycles. The minimum atomic E-state index is -0.539. The van der Waals surface area contributed by atoms with Gasteiger partial charge in [0.05, 0.1) is 0 Å². The molecule has 0 unspecified atom stereocenters. The summed E-state index contributed by atoms with van der Waals surface area (Å²) in [6, 6.07) is 0. The highest BCUT2D eigenvalue weighted by molar-refractivity contribution is 6.35. The van der Waals surface area contributed by atoms with E-state index in [0.29, 0.717) is 32.7 Å². The molecule has 0 bridgehead atoms. The highest BCUT2D eigenvalue weighted by Crippen LogP contribution is 2.12. The molecule has 18 heavy (non-hydrogen) atoms.